The fourth-order valence-electron chi connectivity index (χ4n) is 7.41. The zero-order chi connectivity index (χ0) is 39.6. The van der Waals surface area contributed by atoms with Gasteiger partial charge >= 0.3 is 7.12 Å². The molecule has 0 bridgehead atoms. The van der Waals surface area contributed by atoms with Crippen molar-refractivity contribution in [2.24, 2.45) is 11.8 Å². The highest BCUT2D eigenvalue weighted by Crippen LogP contribution is 2.37. The zero-order valence-electron chi connectivity index (χ0n) is 33.8. The maximum Gasteiger partial charge on any atom is 0.494 e. The molecule has 0 saturated carbocycles. The number of nitrogens with zero attached hydrogens (tertiary/aromatic N) is 4. The lowest BCUT2D eigenvalue weighted by Gasteiger charge is -2.32. The maximum atomic E-state index is 6.25. The normalized spacial score (nSPS) is 14.7. The minimum absolute atomic E-state index is 0.321. The topological polar surface area (TPSA) is 54.1 Å². The largest absolute Gasteiger partial charge is 0.494 e. The predicted octanol–water partition coefficient (Wildman–Crippen LogP) is 12.1. The molecule has 8 heteroatoms. The monoisotopic (exact) mass is 806 g/mol. The smallest absolute Gasteiger partial charge is 0.399 e. The predicted molar refractivity (Wildman–Crippen MR) is 239 cm³/mol. The van der Waals surface area contributed by atoms with Gasteiger partial charge in [0.15, 0.2) is 0 Å². The van der Waals surface area contributed by atoms with Crippen molar-refractivity contribution in [2.75, 3.05) is 0 Å². The van der Waals surface area contributed by atoms with Crippen molar-refractivity contribution in [1.29, 1.82) is 0 Å². The van der Waals surface area contributed by atoms with Crippen LogP contribution in [0.25, 0.3) is 54.9 Å². The Morgan fingerprint density at radius 3 is 1.52 bits per heavy atom. The SMILES string of the molecule is Brc1ccccn1.CC(C)Cn1c2ccccc2c2cc(-c3ccccn3)ccc21.CC(C)Cn1c2ccccc2c2cc(B3OC(C)(C)C(C)(C)O3)ccc21. The lowest BCUT2D eigenvalue weighted by Crippen LogP contribution is -2.41. The lowest BCUT2D eigenvalue weighted by molar-refractivity contribution is 0.00578. The van der Waals surface area contributed by atoms with E-state index < -0.39 is 0 Å². The highest BCUT2D eigenvalue weighted by molar-refractivity contribution is 9.10. The van der Waals surface area contributed by atoms with Crippen LogP contribution in [0.4, 0.5) is 0 Å². The Morgan fingerprint density at radius 2 is 1.04 bits per heavy atom. The molecule has 56 heavy (non-hydrogen) atoms. The fourth-order valence-corrected chi connectivity index (χ4v) is 7.68. The molecule has 9 rings (SSSR count). The van der Waals surface area contributed by atoms with Crippen molar-refractivity contribution in [2.45, 2.75) is 79.7 Å². The Balaban J connectivity index is 0.000000147. The van der Waals surface area contributed by atoms with E-state index in [0.29, 0.717) is 11.8 Å². The van der Waals surface area contributed by atoms with Crippen LogP contribution >= 0.6 is 15.9 Å². The van der Waals surface area contributed by atoms with Crippen molar-refractivity contribution in [1.82, 2.24) is 19.1 Å². The van der Waals surface area contributed by atoms with Gasteiger partial charge in [-0.3, -0.25) is 4.98 Å². The van der Waals surface area contributed by atoms with E-state index in [1.54, 1.807) is 6.20 Å². The van der Waals surface area contributed by atoms with Crippen molar-refractivity contribution in [3.63, 3.8) is 0 Å². The number of para-hydroxylation sites is 2. The molecule has 1 aliphatic rings. The third kappa shape index (κ3) is 8.20. The van der Waals surface area contributed by atoms with Gasteiger partial charge in [-0.05, 0) is 116 Å². The minimum atomic E-state index is -0.323. The molecular formula is C48H52BBrN4O2. The second kappa shape index (κ2) is 16.4. The van der Waals surface area contributed by atoms with E-state index in [9.17, 15) is 0 Å². The van der Waals surface area contributed by atoms with Gasteiger partial charge in [0.25, 0.3) is 0 Å². The lowest BCUT2D eigenvalue weighted by atomic mass is 9.78. The molecule has 8 aromatic rings. The van der Waals surface area contributed by atoms with E-state index in [2.05, 4.69) is 181 Å². The van der Waals surface area contributed by atoms with Crippen molar-refractivity contribution >= 4 is 72.1 Å². The summed E-state index contributed by atoms with van der Waals surface area (Å²) in [6.45, 7) is 19.5. The van der Waals surface area contributed by atoms with Gasteiger partial charge < -0.3 is 18.4 Å². The summed E-state index contributed by atoms with van der Waals surface area (Å²) in [5.41, 5.74) is 7.83. The molecule has 0 radical (unpaired) electrons. The number of aromatic nitrogens is 4. The van der Waals surface area contributed by atoms with Crippen LogP contribution in [0.15, 0.2) is 138 Å². The third-order valence-corrected chi connectivity index (χ3v) is 11.2. The van der Waals surface area contributed by atoms with Gasteiger partial charge in [0.05, 0.1) is 16.9 Å². The maximum absolute atomic E-state index is 6.25. The standard InChI is InChI=1S/C22H28BNO2.C21H20N2.C5H4BrN/c1-15(2)14-24-19-10-8-7-9-17(19)18-13-16(11-12-20(18)24)23-25-21(3,4)22(5,6)26-23;1-15(2)14-23-20-9-4-3-7-17(20)18-13-16(10-11-21(18)23)19-8-5-6-12-22-19;6-5-3-1-2-4-7-5/h7-13,15H,14H2,1-6H3;3-13,15H,14H2,1-2H3;1-4H. The Morgan fingerprint density at radius 1 is 0.554 bits per heavy atom. The molecule has 0 spiro atoms. The summed E-state index contributed by atoms with van der Waals surface area (Å²) in [5.74, 6) is 1.21. The summed E-state index contributed by atoms with van der Waals surface area (Å²) < 4.78 is 18.3. The second-order valence-electron chi connectivity index (χ2n) is 16.5. The van der Waals surface area contributed by atoms with Gasteiger partial charge in [0, 0.05) is 74.7 Å². The summed E-state index contributed by atoms with van der Waals surface area (Å²) in [4.78, 5) is 8.38. The molecule has 0 unspecified atom stereocenters. The van der Waals surface area contributed by atoms with Crippen LogP contribution in [0.1, 0.15) is 55.4 Å². The van der Waals surface area contributed by atoms with Crippen LogP contribution in [0, 0.1) is 11.8 Å². The third-order valence-electron chi connectivity index (χ3n) is 10.8. The first-order chi connectivity index (χ1) is 26.8. The van der Waals surface area contributed by atoms with Gasteiger partial charge in [-0.25, -0.2) is 4.98 Å². The average Bonchev–Trinajstić information content (AvgIpc) is 3.74. The molecule has 1 aliphatic heterocycles. The Bertz CT molecular complexity index is 2560. The summed E-state index contributed by atoms with van der Waals surface area (Å²) in [6.07, 6.45) is 3.59. The second-order valence-corrected chi connectivity index (χ2v) is 17.3. The number of hydrogen-bond acceptors (Lipinski definition) is 4. The highest BCUT2D eigenvalue weighted by Gasteiger charge is 2.51. The molecule has 0 N–H and O–H groups in total. The van der Waals surface area contributed by atoms with Crippen LogP contribution in [0.5, 0.6) is 0 Å². The van der Waals surface area contributed by atoms with Gasteiger partial charge in [-0.2, -0.15) is 0 Å². The van der Waals surface area contributed by atoms with Crippen LogP contribution in [0.3, 0.4) is 0 Å². The Kier molecular flexibility index (Phi) is 11.5. The molecule has 0 atom stereocenters. The molecule has 1 fully saturated rings. The van der Waals surface area contributed by atoms with Gasteiger partial charge in [-0.1, -0.05) is 94.4 Å². The zero-order valence-corrected chi connectivity index (χ0v) is 35.4. The minimum Gasteiger partial charge on any atom is -0.399 e. The average molecular weight is 808 g/mol. The summed E-state index contributed by atoms with van der Waals surface area (Å²) in [6, 6.07) is 42.4. The van der Waals surface area contributed by atoms with E-state index in [1.165, 1.54) is 49.2 Å². The molecule has 5 heterocycles. The number of hydrogen-bond donors (Lipinski definition) is 0. The summed E-state index contributed by atoms with van der Waals surface area (Å²) in [7, 11) is -0.323. The van der Waals surface area contributed by atoms with Crippen LogP contribution in [0.2, 0.25) is 0 Å². The number of benzene rings is 4. The summed E-state index contributed by atoms with van der Waals surface area (Å²) >= 11 is 3.20. The molecule has 1 saturated heterocycles. The van der Waals surface area contributed by atoms with Gasteiger partial charge in [-0.15, -0.1) is 0 Å². The first-order valence-electron chi connectivity index (χ1n) is 19.7. The van der Waals surface area contributed by atoms with Crippen molar-refractivity contribution < 1.29 is 9.31 Å². The number of pyridine rings is 2. The fraction of sp³-hybridized carbons (Fsp3) is 0.292. The molecule has 6 nitrogen and oxygen atoms in total. The number of fused-ring (bicyclic) bond motifs is 6. The highest BCUT2D eigenvalue weighted by atomic mass is 79.9. The molecular weight excluding hydrogens is 755 g/mol. The van der Waals surface area contributed by atoms with Crippen molar-refractivity contribution in [3.8, 4) is 11.3 Å². The first-order valence-corrected chi connectivity index (χ1v) is 20.5. The van der Waals surface area contributed by atoms with E-state index in [1.807, 2.05) is 36.5 Å². The molecule has 0 amide bonds. The number of rotatable bonds is 6. The van der Waals surface area contributed by atoms with Crippen LogP contribution in [-0.2, 0) is 22.4 Å². The molecule has 0 aliphatic carbocycles. The molecule has 4 aromatic carbocycles. The first kappa shape index (κ1) is 39.5. The Labute approximate surface area is 340 Å². The van der Waals surface area contributed by atoms with E-state index in [-0.39, 0.29) is 18.3 Å². The quantitative estimate of drug-likeness (QED) is 0.124. The number of halogens is 1. The van der Waals surface area contributed by atoms with Crippen molar-refractivity contribution in [3.05, 3.63) is 138 Å². The van der Waals surface area contributed by atoms with E-state index in [0.717, 1.165) is 28.8 Å². The summed E-state index contributed by atoms with van der Waals surface area (Å²) in [5, 5.41) is 5.19. The van der Waals surface area contributed by atoms with Gasteiger partial charge in [0.2, 0.25) is 0 Å². The Hall–Kier alpha value is -4.76. The van der Waals surface area contributed by atoms with Gasteiger partial charge in [0.1, 0.15) is 4.60 Å². The molecule has 4 aromatic heterocycles. The van der Waals surface area contributed by atoms with E-state index in [4.69, 9.17) is 9.31 Å². The van der Waals surface area contributed by atoms with Crippen LogP contribution in [-0.4, -0.2) is 37.4 Å². The van der Waals surface area contributed by atoms with E-state index >= 15 is 0 Å². The molecule has 286 valence electrons. The van der Waals surface area contributed by atoms with Crippen LogP contribution < -0.4 is 5.46 Å².